The average molecular weight is 491 g/mol. The van der Waals surface area contributed by atoms with Crippen LogP contribution in [0.5, 0.6) is 0 Å². The highest BCUT2D eigenvalue weighted by Crippen LogP contribution is 2.21. The minimum Gasteiger partial charge on any atom is -0.358 e. The van der Waals surface area contributed by atoms with E-state index in [9.17, 15) is 14.0 Å². The number of piperazine rings is 1. The van der Waals surface area contributed by atoms with Crippen LogP contribution in [0.25, 0.3) is 10.8 Å². The van der Waals surface area contributed by atoms with E-state index < -0.39 is 12.1 Å². The SMILES string of the molecule is CCC1CN([C@@H](Cc2ccccc2F)C(=O)NC)CCN1C(=O)[C@H](N)Cc1ccc2ccccc2c1. The van der Waals surface area contributed by atoms with Crippen LogP contribution in [0.2, 0.25) is 0 Å². The number of nitrogens with one attached hydrogen (secondary N) is 1. The number of rotatable bonds is 8. The first-order valence-electron chi connectivity index (χ1n) is 12.6. The number of hydrogen-bond donors (Lipinski definition) is 2. The van der Waals surface area contributed by atoms with Crippen LogP contribution in [-0.4, -0.2) is 66.4 Å². The fourth-order valence-electron chi connectivity index (χ4n) is 5.15. The molecular formula is C29H35FN4O2. The van der Waals surface area contributed by atoms with Gasteiger partial charge in [-0.2, -0.15) is 0 Å². The molecule has 3 atom stereocenters. The summed E-state index contributed by atoms with van der Waals surface area (Å²) < 4.78 is 14.3. The van der Waals surface area contributed by atoms with Gasteiger partial charge in [0.15, 0.2) is 0 Å². The van der Waals surface area contributed by atoms with Crippen molar-refractivity contribution >= 4 is 22.6 Å². The van der Waals surface area contributed by atoms with Gasteiger partial charge in [-0.05, 0) is 47.2 Å². The first kappa shape index (κ1) is 25.8. The summed E-state index contributed by atoms with van der Waals surface area (Å²) in [4.78, 5) is 30.1. The molecule has 0 aromatic heterocycles. The number of nitrogens with two attached hydrogens (primary N) is 1. The predicted octanol–water partition coefficient (Wildman–Crippen LogP) is 3.13. The van der Waals surface area contributed by atoms with Crippen LogP contribution >= 0.6 is 0 Å². The second-order valence-corrected chi connectivity index (χ2v) is 9.51. The summed E-state index contributed by atoms with van der Waals surface area (Å²) in [5.41, 5.74) is 7.96. The zero-order chi connectivity index (χ0) is 25.7. The molecular weight excluding hydrogens is 455 g/mol. The van der Waals surface area contributed by atoms with E-state index in [0.717, 1.165) is 22.8 Å². The third-order valence-electron chi connectivity index (χ3n) is 7.22. The highest BCUT2D eigenvalue weighted by Gasteiger charge is 2.36. The van der Waals surface area contributed by atoms with Crippen LogP contribution in [-0.2, 0) is 22.4 Å². The lowest BCUT2D eigenvalue weighted by molar-refractivity contribution is -0.139. The van der Waals surface area contributed by atoms with E-state index in [4.69, 9.17) is 5.73 Å². The van der Waals surface area contributed by atoms with E-state index in [2.05, 4.69) is 34.5 Å². The molecule has 0 aliphatic carbocycles. The first-order valence-corrected chi connectivity index (χ1v) is 12.6. The van der Waals surface area contributed by atoms with E-state index in [1.807, 2.05) is 30.0 Å². The molecule has 3 aromatic carbocycles. The maximum Gasteiger partial charge on any atom is 0.240 e. The Morgan fingerprint density at radius 2 is 1.75 bits per heavy atom. The van der Waals surface area contributed by atoms with Gasteiger partial charge in [-0.15, -0.1) is 0 Å². The molecule has 7 heteroatoms. The highest BCUT2D eigenvalue weighted by atomic mass is 19.1. The number of carbonyl (C=O) groups excluding carboxylic acids is 2. The van der Waals surface area contributed by atoms with Crippen molar-refractivity contribution in [2.24, 2.45) is 5.73 Å². The van der Waals surface area contributed by atoms with Crippen molar-refractivity contribution in [3.05, 3.63) is 83.7 Å². The molecule has 0 saturated carbocycles. The average Bonchev–Trinajstić information content (AvgIpc) is 2.91. The summed E-state index contributed by atoms with van der Waals surface area (Å²) in [6, 6.07) is 19.6. The lowest BCUT2D eigenvalue weighted by Crippen LogP contribution is -2.62. The van der Waals surface area contributed by atoms with E-state index in [-0.39, 0.29) is 30.1 Å². The van der Waals surface area contributed by atoms with Crippen molar-refractivity contribution in [1.29, 1.82) is 0 Å². The molecule has 4 rings (SSSR count). The van der Waals surface area contributed by atoms with E-state index >= 15 is 0 Å². The summed E-state index contributed by atoms with van der Waals surface area (Å²) >= 11 is 0. The molecule has 0 radical (unpaired) electrons. The van der Waals surface area contributed by atoms with Crippen LogP contribution in [0, 0.1) is 5.82 Å². The number of benzene rings is 3. The molecule has 1 heterocycles. The fraction of sp³-hybridized carbons (Fsp3) is 0.379. The molecule has 0 spiro atoms. The van der Waals surface area contributed by atoms with Crippen LogP contribution < -0.4 is 11.1 Å². The summed E-state index contributed by atoms with van der Waals surface area (Å²) in [6.45, 7) is 3.58. The van der Waals surface area contributed by atoms with Gasteiger partial charge in [0.1, 0.15) is 5.82 Å². The van der Waals surface area contributed by atoms with Gasteiger partial charge in [0.2, 0.25) is 11.8 Å². The van der Waals surface area contributed by atoms with E-state index in [0.29, 0.717) is 31.6 Å². The molecule has 1 saturated heterocycles. The topological polar surface area (TPSA) is 78.7 Å². The molecule has 1 aliphatic heterocycles. The van der Waals surface area contributed by atoms with Crippen LogP contribution in [0.3, 0.4) is 0 Å². The number of likely N-dealkylation sites (N-methyl/N-ethyl adjacent to an activating group) is 1. The first-order chi connectivity index (χ1) is 17.4. The van der Waals surface area contributed by atoms with Crippen molar-refractivity contribution in [2.45, 2.75) is 44.3 Å². The van der Waals surface area contributed by atoms with Crippen LogP contribution in [0.1, 0.15) is 24.5 Å². The number of carbonyl (C=O) groups is 2. The maximum atomic E-state index is 14.3. The lowest BCUT2D eigenvalue weighted by atomic mass is 9.98. The molecule has 36 heavy (non-hydrogen) atoms. The zero-order valence-corrected chi connectivity index (χ0v) is 21.0. The second kappa shape index (κ2) is 11.6. The van der Waals surface area contributed by atoms with Gasteiger partial charge in [-0.25, -0.2) is 4.39 Å². The Morgan fingerprint density at radius 3 is 2.47 bits per heavy atom. The molecule has 3 aromatic rings. The molecule has 0 bridgehead atoms. The Kier molecular flexibility index (Phi) is 8.33. The monoisotopic (exact) mass is 490 g/mol. The summed E-state index contributed by atoms with van der Waals surface area (Å²) in [5, 5.41) is 5.01. The van der Waals surface area contributed by atoms with Crippen molar-refractivity contribution in [1.82, 2.24) is 15.1 Å². The van der Waals surface area contributed by atoms with Gasteiger partial charge < -0.3 is 16.0 Å². The Labute approximate surface area is 212 Å². The van der Waals surface area contributed by atoms with Gasteiger partial charge in [-0.1, -0.05) is 67.6 Å². The Hall–Kier alpha value is -3.29. The molecule has 1 unspecified atom stereocenters. The van der Waals surface area contributed by atoms with Crippen molar-refractivity contribution in [2.75, 3.05) is 26.7 Å². The van der Waals surface area contributed by atoms with Gasteiger partial charge in [-0.3, -0.25) is 14.5 Å². The van der Waals surface area contributed by atoms with E-state index in [1.54, 1.807) is 25.2 Å². The highest BCUT2D eigenvalue weighted by molar-refractivity contribution is 5.85. The summed E-state index contributed by atoms with van der Waals surface area (Å²) in [6.07, 6.45) is 1.48. The smallest absolute Gasteiger partial charge is 0.240 e. The largest absolute Gasteiger partial charge is 0.358 e. The Morgan fingerprint density at radius 1 is 1.03 bits per heavy atom. The van der Waals surface area contributed by atoms with E-state index in [1.165, 1.54) is 6.07 Å². The number of fused-ring (bicyclic) bond motifs is 1. The number of halogens is 1. The van der Waals surface area contributed by atoms with Crippen molar-refractivity contribution < 1.29 is 14.0 Å². The molecule has 190 valence electrons. The minimum atomic E-state index is -0.639. The summed E-state index contributed by atoms with van der Waals surface area (Å²) in [5.74, 6) is -0.534. The van der Waals surface area contributed by atoms with Gasteiger partial charge in [0.05, 0.1) is 12.1 Å². The number of nitrogens with zero attached hydrogens (tertiary/aromatic N) is 2. The molecule has 1 fully saturated rings. The molecule has 6 nitrogen and oxygen atoms in total. The van der Waals surface area contributed by atoms with Crippen molar-refractivity contribution in [3.63, 3.8) is 0 Å². The third-order valence-corrected chi connectivity index (χ3v) is 7.22. The predicted molar refractivity (Wildman–Crippen MR) is 141 cm³/mol. The van der Waals surface area contributed by atoms with Gasteiger partial charge in [0.25, 0.3) is 0 Å². The molecule has 2 amide bonds. The van der Waals surface area contributed by atoms with Gasteiger partial charge >= 0.3 is 0 Å². The standard InChI is InChI=1S/C29H35FN4O2/c1-3-24-19-33(27(28(35)32-2)18-23-10-6-7-11-25(23)30)14-15-34(24)29(36)26(31)17-20-12-13-21-8-4-5-9-22(21)16-20/h4-13,16,24,26-27H,3,14-15,17-19,31H2,1-2H3,(H,32,35)/t24?,26-,27+/m1/s1. The maximum absolute atomic E-state index is 14.3. The summed E-state index contributed by atoms with van der Waals surface area (Å²) in [7, 11) is 1.60. The zero-order valence-electron chi connectivity index (χ0n) is 21.0. The number of amides is 2. The Bertz CT molecular complexity index is 1220. The second-order valence-electron chi connectivity index (χ2n) is 9.51. The lowest BCUT2D eigenvalue weighted by Gasteiger charge is -2.44. The van der Waals surface area contributed by atoms with Gasteiger partial charge in [0, 0.05) is 32.7 Å². The Balaban J connectivity index is 1.44. The number of hydrogen-bond acceptors (Lipinski definition) is 4. The quantitative estimate of drug-likeness (QED) is 0.509. The fourth-order valence-corrected chi connectivity index (χ4v) is 5.15. The van der Waals surface area contributed by atoms with Crippen molar-refractivity contribution in [3.8, 4) is 0 Å². The van der Waals surface area contributed by atoms with Crippen LogP contribution in [0.4, 0.5) is 4.39 Å². The molecule has 3 N–H and O–H groups in total. The normalized spacial score (nSPS) is 18.1. The molecule has 1 aliphatic rings. The van der Waals surface area contributed by atoms with Crippen LogP contribution in [0.15, 0.2) is 66.7 Å². The minimum absolute atomic E-state index is 0.0679. The third kappa shape index (κ3) is 5.74.